The van der Waals surface area contributed by atoms with Gasteiger partial charge in [-0.2, -0.15) is 9.97 Å². The second-order valence-electron chi connectivity index (χ2n) is 4.89. The molecule has 0 bridgehead atoms. The second kappa shape index (κ2) is 5.95. The summed E-state index contributed by atoms with van der Waals surface area (Å²) in [5.74, 6) is 1.65. The average Bonchev–Trinajstić information content (AvgIpc) is 3.04. The molecule has 2 aromatic rings. The molecule has 1 saturated heterocycles. The van der Waals surface area contributed by atoms with E-state index in [4.69, 9.17) is 9.47 Å². The van der Waals surface area contributed by atoms with Gasteiger partial charge in [-0.3, -0.25) is 4.98 Å². The SMILES string of the molecule is COc1cc(OC)nc(N2CCCC2c2cccnc2)n1. The molecule has 110 valence electrons. The van der Waals surface area contributed by atoms with Crippen LogP contribution in [0.3, 0.4) is 0 Å². The molecule has 2 aromatic heterocycles. The molecule has 0 aromatic carbocycles. The lowest BCUT2D eigenvalue weighted by molar-refractivity contribution is 0.371. The first kappa shape index (κ1) is 13.6. The van der Waals surface area contributed by atoms with Gasteiger partial charge >= 0.3 is 0 Å². The summed E-state index contributed by atoms with van der Waals surface area (Å²) in [5.41, 5.74) is 1.18. The van der Waals surface area contributed by atoms with Gasteiger partial charge in [0, 0.05) is 18.9 Å². The summed E-state index contributed by atoms with van der Waals surface area (Å²) in [6.45, 7) is 0.913. The number of pyridine rings is 1. The van der Waals surface area contributed by atoms with Gasteiger partial charge in [0.2, 0.25) is 17.7 Å². The predicted molar refractivity (Wildman–Crippen MR) is 78.7 cm³/mol. The topological polar surface area (TPSA) is 60.4 Å². The van der Waals surface area contributed by atoms with Gasteiger partial charge in [0.25, 0.3) is 0 Å². The fraction of sp³-hybridized carbons (Fsp3) is 0.400. The maximum atomic E-state index is 5.23. The highest BCUT2D eigenvalue weighted by Crippen LogP contribution is 2.35. The molecule has 6 heteroatoms. The van der Waals surface area contributed by atoms with Crippen LogP contribution < -0.4 is 14.4 Å². The first-order valence-electron chi connectivity index (χ1n) is 6.95. The third-order valence-corrected chi connectivity index (χ3v) is 3.66. The number of ether oxygens (including phenoxy) is 2. The zero-order chi connectivity index (χ0) is 14.7. The van der Waals surface area contributed by atoms with Crippen molar-refractivity contribution in [3.63, 3.8) is 0 Å². The molecule has 1 unspecified atom stereocenters. The van der Waals surface area contributed by atoms with Crippen molar-refractivity contribution < 1.29 is 9.47 Å². The molecule has 1 atom stereocenters. The van der Waals surface area contributed by atoms with Crippen LogP contribution in [0.25, 0.3) is 0 Å². The molecule has 0 aliphatic carbocycles. The van der Waals surface area contributed by atoms with Crippen LogP contribution in [0, 0.1) is 0 Å². The normalized spacial score (nSPS) is 17.8. The van der Waals surface area contributed by atoms with Gasteiger partial charge in [-0.15, -0.1) is 0 Å². The smallest absolute Gasteiger partial charge is 0.232 e. The van der Waals surface area contributed by atoms with E-state index in [0.29, 0.717) is 17.7 Å². The van der Waals surface area contributed by atoms with Crippen LogP contribution in [0.1, 0.15) is 24.4 Å². The van der Waals surface area contributed by atoms with Gasteiger partial charge in [-0.05, 0) is 24.5 Å². The summed E-state index contributed by atoms with van der Waals surface area (Å²) in [6.07, 6.45) is 5.85. The van der Waals surface area contributed by atoms with Crippen molar-refractivity contribution in [1.29, 1.82) is 0 Å². The van der Waals surface area contributed by atoms with Crippen molar-refractivity contribution >= 4 is 5.95 Å². The van der Waals surface area contributed by atoms with E-state index < -0.39 is 0 Å². The van der Waals surface area contributed by atoms with E-state index in [-0.39, 0.29) is 6.04 Å². The van der Waals surface area contributed by atoms with Crippen molar-refractivity contribution in [3.8, 4) is 11.8 Å². The van der Waals surface area contributed by atoms with Crippen LogP contribution >= 0.6 is 0 Å². The minimum atomic E-state index is 0.246. The van der Waals surface area contributed by atoms with Gasteiger partial charge in [0.05, 0.1) is 26.3 Å². The quantitative estimate of drug-likeness (QED) is 0.859. The van der Waals surface area contributed by atoms with Gasteiger partial charge in [-0.25, -0.2) is 0 Å². The Labute approximate surface area is 123 Å². The molecule has 0 amide bonds. The lowest BCUT2D eigenvalue weighted by Crippen LogP contribution is -2.25. The Kier molecular flexibility index (Phi) is 3.85. The number of hydrogen-bond acceptors (Lipinski definition) is 6. The lowest BCUT2D eigenvalue weighted by atomic mass is 10.1. The third-order valence-electron chi connectivity index (χ3n) is 3.66. The highest BCUT2D eigenvalue weighted by molar-refractivity contribution is 5.41. The summed E-state index contributed by atoms with van der Waals surface area (Å²) in [4.78, 5) is 15.3. The Morgan fingerprint density at radius 3 is 2.57 bits per heavy atom. The highest BCUT2D eigenvalue weighted by Gasteiger charge is 2.29. The van der Waals surface area contributed by atoms with Gasteiger partial charge in [0.15, 0.2) is 0 Å². The minimum Gasteiger partial charge on any atom is -0.481 e. The molecule has 3 rings (SSSR count). The van der Waals surface area contributed by atoms with Crippen LogP contribution in [0.15, 0.2) is 30.6 Å². The number of aromatic nitrogens is 3. The second-order valence-corrected chi connectivity index (χ2v) is 4.89. The van der Waals surface area contributed by atoms with Gasteiger partial charge in [0.1, 0.15) is 0 Å². The molecule has 0 N–H and O–H groups in total. The third kappa shape index (κ3) is 2.74. The molecule has 3 heterocycles. The monoisotopic (exact) mass is 286 g/mol. The summed E-state index contributed by atoms with van der Waals surface area (Å²) >= 11 is 0. The molecule has 1 aliphatic rings. The van der Waals surface area contributed by atoms with E-state index in [1.807, 2.05) is 12.3 Å². The maximum absolute atomic E-state index is 5.23. The predicted octanol–water partition coefficient (Wildman–Crippen LogP) is 2.23. The first-order valence-corrected chi connectivity index (χ1v) is 6.95. The van der Waals surface area contributed by atoms with Crippen LogP contribution in [0.5, 0.6) is 11.8 Å². The van der Waals surface area contributed by atoms with Crippen molar-refractivity contribution in [2.24, 2.45) is 0 Å². The molecule has 6 nitrogen and oxygen atoms in total. The van der Waals surface area contributed by atoms with E-state index in [1.165, 1.54) is 5.56 Å². The van der Waals surface area contributed by atoms with E-state index in [1.54, 1.807) is 26.5 Å². The summed E-state index contributed by atoms with van der Waals surface area (Å²) in [6, 6.07) is 5.97. The summed E-state index contributed by atoms with van der Waals surface area (Å²) in [7, 11) is 3.18. The molecule has 0 radical (unpaired) electrons. The Hall–Kier alpha value is -2.37. The standard InChI is InChI=1S/C15H18N4O2/c1-20-13-9-14(21-2)18-15(17-13)19-8-4-6-12(19)11-5-3-7-16-10-11/h3,5,7,9-10,12H,4,6,8H2,1-2H3. The van der Waals surface area contributed by atoms with Crippen LogP contribution in [-0.4, -0.2) is 35.7 Å². The van der Waals surface area contributed by atoms with Crippen LogP contribution in [0.2, 0.25) is 0 Å². The molecular formula is C15H18N4O2. The Balaban J connectivity index is 1.95. The number of rotatable bonds is 4. The van der Waals surface area contributed by atoms with E-state index in [0.717, 1.165) is 19.4 Å². The minimum absolute atomic E-state index is 0.246. The first-order chi connectivity index (χ1) is 10.3. The molecule has 0 saturated carbocycles. The number of methoxy groups -OCH3 is 2. The fourth-order valence-corrected chi connectivity index (χ4v) is 2.66. The van der Waals surface area contributed by atoms with Crippen molar-refractivity contribution in [1.82, 2.24) is 15.0 Å². The zero-order valence-electron chi connectivity index (χ0n) is 12.2. The maximum Gasteiger partial charge on any atom is 0.232 e. The van der Waals surface area contributed by atoms with E-state index >= 15 is 0 Å². The Bertz CT molecular complexity index is 584. The average molecular weight is 286 g/mol. The lowest BCUT2D eigenvalue weighted by Gasteiger charge is -2.25. The van der Waals surface area contributed by atoms with Crippen molar-refractivity contribution in [3.05, 3.63) is 36.2 Å². The Morgan fingerprint density at radius 2 is 1.95 bits per heavy atom. The summed E-state index contributed by atoms with van der Waals surface area (Å²) < 4.78 is 10.5. The van der Waals surface area contributed by atoms with Crippen molar-refractivity contribution in [2.75, 3.05) is 25.7 Å². The molecule has 0 spiro atoms. The molecular weight excluding hydrogens is 268 g/mol. The largest absolute Gasteiger partial charge is 0.481 e. The van der Waals surface area contributed by atoms with E-state index in [2.05, 4.69) is 25.9 Å². The molecule has 1 fully saturated rings. The van der Waals surface area contributed by atoms with Crippen LogP contribution in [-0.2, 0) is 0 Å². The van der Waals surface area contributed by atoms with Gasteiger partial charge < -0.3 is 14.4 Å². The summed E-state index contributed by atoms with van der Waals surface area (Å²) in [5, 5.41) is 0. The molecule has 1 aliphatic heterocycles. The van der Waals surface area contributed by atoms with E-state index in [9.17, 15) is 0 Å². The zero-order valence-corrected chi connectivity index (χ0v) is 12.2. The van der Waals surface area contributed by atoms with Crippen LogP contribution in [0.4, 0.5) is 5.95 Å². The number of anilines is 1. The number of nitrogens with zero attached hydrogens (tertiary/aromatic N) is 4. The molecule has 21 heavy (non-hydrogen) atoms. The van der Waals surface area contributed by atoms with Gasteiger partial charge in [-0.1, -0.05) is 6.07 Å². The highest BCUT2D eigenvalue weighted by atomic mass is 16.5. The number of hydrogen-bond donors (Lipinski definition) is 0. The van der Waals surface area contributed by atoms with Crippen molar-refractivity contribution in [2.45, 2.75) is 18.9 Å². The Morgan fingerprint density at radius 1 is 1.19 bits per heavy atom. The fourth-order valence-electron chi connectivity index (χ4n) is 2.66.